The Labute approximate surface area is 563 Å². The molecule has 4 fully saturated rings. The molecule has 14 amide bonds. The molecular weight excluding hydrogens is 1320 g/mol. The number of imidazole rings is 1. The topological polar surface area (TPSA) is 508 Å². The number of primary amides is 1. The molecule has 95 heavy (non-hydrogen) atoms. The first-order valence-corrected chi connectivity index (χ1v) is 36.0. The van der Waals surface area contributed by atoms with Gasteiger partial charge in [-0.25, -0.2) is 4.98 Å². The van der Waals surface area contributed by atoms with Crippen LogP contribution in [0.25, 0.3) is 0 Å². The second-order valence-electron chi connectivity index (χ2n) is 23.6. The quantitative estimate of drug-likeness (QED) is 0.0490. The maximum Gasteiger partial charge on any atom is 0.246 e. The Hall–Kier alpha value is -7.87. The fraction of sp³-hybridized carbons (Fsp3) is 0.603. The van der Waals surface area contributed by atoms with Crippen LogP contribution in [-0.4, -0.2) is 230 Å². The molecule has 19 N–H and O–H groups in total. The SMILES string of the molecule is CC[C@H](C)[C@@H]1NC(=O)[C@H](CCCCN)NC(=O)[C@H](Cc2ccc(O)cc2)NC(=O)CNC(=O)[C@@H]2CSSC[C@H](NC1=O)C(=O)N[C@@H](Cc1cnc[nH]1)C(=O)N1C[C@H](O)C[C@H]1C(=O)N[C@H](C(N)=O)CSSC[C@H](NC(=O)[C@@H](NC(=O)CNC(=O)[C@@H]1CCC(=O)N1)C(C)C)C(=O)N2. The number of nitrogens with zero attached hydrogens (tertiary/aromatic N) is 2. The van der Waals surface area contributed by atoms with E-state index in [9.17, 15) is 77.3 Å². The first kappa shape index (κ1) is 76.2. The molecule has 5 heterocycles. The molecule has 6 rings (SSSR count). The third-order valence-electron chi connectivity index (χ3n) is 15.9. The standard InChI is InChI=1S/C58H85N17O16S4/c1-5-29(4)47-57(90)72-40-25-95-93-24-39(50(83)63-20-44(79)66-36(16-30-9-11-32(76)12-10-30)52(85)67-34(51(84)74-47)8-6-7-15-59)70-54(87)41(71-56(89)46(28(2)3)73-45(80)21-62-49(82)35-13-14-43(78)65-35)26-94-92-23-38(48(60)81)69-55(88)42-18-33(77)22-75(42)58(91)37(68-53(40)86)17-31-19-61-27-64-31/h9-12,19,27-29,33-42,46-47,76-77H,5-8,13-18,20-26,59H2,1-4H3,(H2,60,81)(H,61,64)(H,62,82)(H,63,83)(H,65,78)(H,66,79)(H,67,85)(H,68,86)(H,69,88)(H,70,87)(H,71,89)(H,72,90)(H,73,80)(H,74,84)/t29-,33+,34-,35-,36-,37-,38-,39-,40-,41-,42-,46-,47-/m0/s1. The highest BCUT2D eigenvalue weighted by atomic mass is 33.1. The van der Waals surface area contributed by atoms with Gasteiger partial charge in [-0.15, -0.1) is 0 Å². The van der Waals surface area contributed by atoms with Crippen molar-refractivity contribution in [2.75, 3.05) is 49.2 Å². The number of nitrogens with two attached hydrogens (primary N) is 2. The van der Waals surface area contributed by atoms with Crippen LogP contribution in [-0.2, 0) is 80.0 Å². The summed E-state index contributed by atoms with van der Waals surface area (Å²) in [6.45, 7) is 5.01. The number of hydrogen-bond donors (Lipinski definition) is 17. The zero-order chi connectivity index (χ0) is 69.5. The van der Waals surface area contributed by atoms with Crippen LogP contribution >= 0.6 is 43.2 Å². The molecule has 13 atom stereocenters. The number of aromatic hydroxyl groups is 1. The Bertz CT molecular complexity index is 3080. The number of H-pyrrole nitrogens is 1. The molecule has 4 saturated heterocycles. The first-order chi connectivity index (χ1) is 45.2. The average Bonchev–Trinajstić information content (AvgIpc) is 1.73. The van der Waals surface area contributed by atoms with Gasteiger partial charge in [-0.05, 0) is 61.8 Å². The molecule has 4 aliphatic rings. The van der Waals surface area contributed by atoms with Gasteiger partial charge in [-0.2, -0.15) is 0 Å². The van der Waals surface area contributed by atoms with Crippen molar-refractivity contribution in [1.82, 2.24) is 78.7 Å². The van der Waals surface area contributed by atoms with E-state index in [-0.39, 0.29) is 79.7 Å². The number of aliphatic hydroxyl groups excluding tert-OH is 1. The minimum atomic E-state index is -1.60. The van der Waals surface area contributed by atoms with Crippen molar-refractivity contribution in [2.24, 2.45) is 23.3 Å². The van der Waals surface area contributed by atoms with Gasteiger partial charge in [0.15, 0.2) is 0 Å². The molecule has 1 aromatic heterocycles. The highest BCUT2D eigenvalue weighted by Crippen LogP contribution is 2.27. The normalized spacial score (nSPS) is 26.7. The van der Waals surface area contributed by atoms with Crippen LogP contribution < -0.4 is 75.3 Å². The van der Waals surface area contributed by atoms with Crippen LogP contribution in [0.5, 0.6) is 5.75 Å². The van der Waals surface area contributed by atoms with E-state index in [2.05, 4.69) is 73.8 Å². The lowest BCUT2D eigenvalue weighted by Gasteiger charge is -2.31. The van der Waals surface area contributed by atoms with Crippen molar-refractivity contribution in [3.8, 4) is 5.75 Å². The van der Waals surface area contributed by atoms with E-state index in [4.69, 9.17) is 11.5 Å². The number of aromatic nitrogens is 2. The molecule has 0 radical (unpaired) electrons. The maximum atomic E-state index is 15.0. The van der Waals surface area contributed by atoms with Gasteiger partial charge < -0.3 is 95.4 Å². The lowest BCUT2D eigenvalue weighted by Crippen LogP contribution is -2.62. The van der Waals surface area contributed by atoms with Crippen molar-refractivity contribution in [2.45, 2.75) is 158 Å². The lowest BCUT2D eigenvalue weighted by molar-refractivity contribution is -0.142. The molecule has 522 valence electrons. The molecule has 37 heteroatoms. The summed E-state index contributed by atoms with van der Waals surface area (Å²) in [5.41, 5.74) is 12.4. The van der Waals surface area contributed by atoms with Crippen molar-refractivity contribution >= 4 is 126 Å². The summed E-state index contributed by atoms with van der Waals surface area (Å²) in [7, 11) is 3.66. The highest BCUT2D eigenvalue weighted by Gasteiger charge is 2.44. The van der Waals surface area contributed by atoms with E-state index in [0.29, 0.717) is 30.5 Å². The van der Waals surface area contributed by atoms with Gasteiger partial charge in [-0.3, -0.25) is 67.1 Å². The van der Waals surface area contributed by atoms with Gasteiger partial charge in [0.25, 0.3) is 0 Å². The van der Waals surface area contributed by atoms with E-state index in [1.165, 1.54) is 36.8 Å². The monoisotopic (exact) mass is 1400 g/mol. The number of phenolic OH excluding ortho intramolecular Hbond substituents is 1. The number of carbonyl (C=O) groups is 14. The van der Waals surface area contributed by atoms with Crippen molar-refractivity contribution in [3.63, 3.8) is 0 Å². The van der Waals surface area contributed by atoms with Gasteiger partial charge in [-0.1, -0.05) is 89.4 Å². The summed E-state index contributed by atoms with van der Waals surface area (Å²) in [6, 6.07) is -9.88. The zero-order valence-corrected chi connectivity index (χ0v) is 56.1. The number of aliphatic hydroxyl groups is 1. The molecule has 4 aliphatic heterocycles. The summed E-state index contributed by atoms with van der Waals surface area (Å²) < 4.78 is 0. The third kappa shape index (κ3) is 23.5. The summed E-state index contributed by atoms with van der Waals surface area (Å²) >= 11 is 0. The van der Waals surface area contributed by atoms with Gasteiger partial charge in [0.2, 0.25) is 82.7 Å². The molecule has 0 saturated carbocycles. The van der Waals surface area contributed by atoms with E-state index < -0.39 is 181 Å². The van der Waals surface area contributed by atoms with Crippen LogP contribution in [0.2, 0.25) is 0 Å². The zero-order valence-electron chi connectivity index (χ0n) is 52.9. The number of aromatic amines is 1. The highest BCUT2D eigenvalue weighted by molar-refractivity contribution is 8.77. The third-order valence-corrected chi connectivity index (χ3v) is 20.8. The molecule has 1 aromatic carbocycles. The van der Waals surface area contributed by atoms with E-state index in [0.717, 1.165) is 48.1 Å². The van der Waals surface area contributed by atoms with Crippen LogP contribution in [0.1, 0.15) is 83.9 Å². The number of unbranched alkanes of at least 4 members (excludes halogenated alkanes) is 1. The number of amides is 14. The number of phenols is 1. The number of benzene rings is 1. The number of nitrogens with one attached hydrogen (secondary N) is 13. The summed E-state index contributed by atoms with van der Waals surface area (Å²) in [5, 5.41) is 52.3. The van der Waals surface area contributed by atoms with Crippen LogP contribution in [0.4, 0.5) is 0 Å². The maximum absolute atomic E-state index is 15.0. The fourth-order valence-corrected chi connectivity index (χ4v) is 15.0. The largest absolute Gasteiger partial charge is 0.508 e. The smallest absolute Gasteiger partial charge is 0.246 e. The van der Waals surface area contributed by atoms with E-state index >= 15 is 0 Å². The first-order valence-electron chi connectivity index (χ1n) is 31.0. The minimum Gasteiger partial charge on any atom is -0.508 e. The van der Waals surface area contributed by atoms with Crippen molar-refractivity contribution in [3.05, 3.63) is 48.0 Å². The Balaban J connectivity index is 1.41. The Morgan fingerprint density at radius 3 is 2.02 bits per heavy atom. The fourth-order valence-electron chi connectivity index (χ4n) is 10.3. The van der Waals surface area contributed by atoms with Crippen LogP contribution in [0, 0.1) is 11.8 Å². The Kier molecular flexibility index (Phi) is 30.0. The summed E-state index contributed by atoms with van der Waals surface area (Å²) in [6.07, 6.45) is 2.01. The van der Waals surface area contributed by atoms with Crippen LogP contribution in [0.15, 0.2) is 36.8 Å². The number of hydrogen-bond acceptors (Lipinski definition) is 22. The molecule has 2 bridgehead atoms. The molecule has 0 aliphatic carbocycles. The predicted molar refractivity (Wildman–Crippen MR) is 351 cm³/mol. The average molecular weight is 1400 g/mol. The molecule has 2 aromatic rings. The van der Waals surface area contributed by atoms with Gasteiger partial charge in [0.1, 0.15) is 72.2 Å². The lowest BCUT2D eigenvalue weighted by atomic mass is 9.97. The number of fused-ring (bicyclic) bond motifs is 6. The molecule has 33 nitrogen and oxygen atoms in total. The van der Waals surface area contributed by atoms with Gasteiger partial charge >= 0.3 is 0 Å². The Morgan fingerprint density at radius 2 is 1.38 bits per heavy atom. The van der Waals surface area contributed by atoms with Crippen LogP contribution in [0.3, 0.4) is 0 Å². The number of carbonyl (C=O) groups excluding carboxylic acids is 14. The summed E-state index contributed by atoms with van der Waals surface area (Å²) in [4.78, 5) is 204. The van der Waals surface area contributed by atoms with E-state index in [1.807, 2.05) is 0 Å². The molecular formula is C58H85N17O16S4. The number of rotatable bonds is 18. The second kappa shape index (κ2) is 37.4. The van der Waals surface area contributed by atoms with Crippen molar-refractivity contribution < 1.29 is 77.3 Å². The predicted octanol–water partition coefficient (Wildman–Crippen LogP) is -5.16. The van der Waals surface area contributed by atoms with E-state index in [1.54, 1.807) is 27.7 Å². The second-order valence-corrected chi connectivity index (χ2v) is 28.7. The Morgan fingerprint density at radius 1 is 0.716 bits per heavy atom. The molecule has 0 unspecified atom stereocenters. The van der Waals surface area contributed by atoms with Crippen molar-refractivity contribution in [1.29, 1.82) is 0 Å². The van der Waals surface area contributed by atoms with Gasteiger partial charge in [0, 0.05) is 67.1 Å². The summed E-state index contributed by atoms with van der Waals surface area (Å²) in [5.74, 6) is -14.6. The van der Waals surface area contributed by atoms with Gasteiger partial charge in [0.05, 0.1) is 25.5 Å². The molecule has 0 spiro atoms. The minimum absolute atomic E-state index is 0.00150.